The number of nitrogens with one attached hydrogen (secondary N) is 1. The zero-order valence-electron chi connectivity index (χ0n) is 11.7. The van der Waals surface area contributed by atoms with Gasteiger partial charge in [-0.05, 0) is 31.4 Å². The monoisotopic (exact) mass is 249 g/mol. The SMILES string of the molecule is CC(C)NC(=O)CCOc1ccccc1C(C)C. The molecular formula is C15H23NO2. The molecule has 0 saturated carbocycles. The van der Waals surface area contributed by atoms with Gasteiger partial charge in [-0.3, -0.25) is 4.79 Å². The smallest absolute Gasteiger partial charge is 0.223 e. The van der Waals surface area contributed by atoms with Crippen molar-refractivity contribution in [1.29, 1.82) is 0 Å². The fourth-order valence-corrected chi connectivity index (χ4v) is 1.74. The Balaban J connectivity index is 2.46. The Hall–Kier alpha value is -1.51. The summed E-state index contributed by atoms with van der Waals surface area (Å²) in [6, 6.07) is 8.16. The van der Waals surface area contributed by atoms with Crippen LogP contribution in [-0.2, 0) is 4.79 Å². The van der Waals surface area contributed by atoms with Gasteiger partial charge in [0.2, 0.25) is 5.91 Å². The van der Waals surface area contributed by atoms with Crippen LogP contribution < -0.4 is 10.1 Å². The lowest BCUT2D eigenvalue weighted by Crippen LogP contribution is -2.31. The van der Waals surface area contributed by atoms with Crippen molar-refractivity contribution >= 4 is 5.91 Å². The summed E-state index contributed by atoms with van der Waals surface area (Å²) in [6.45, 7) is 8.59. The highest BCUT2D eigenvalue weighted by molar-refractivity contribution is 5.76. The molecule has 0 radical (unpaired) electrons. The average Bonchev–Trinajstić information content (AvgIpc) is 2.28. The standard InChI is InChI=1S/C15H23NO2/c1-11(2)13-7-5-6-8-14(13)18-10-9-15(17)16-12(3)4/h5-8,11-12H,9-10H2,1-4H3,(H,16,17). The highest BCUT2D eigenvalue weighted by Crippen LogP contribution is 2.25. The van der Waals surface area contributed by atoms with Crippen molar-refractivity contribution in [1.82, 2.24) is 5.32 Å². The van der Waals surface area contributed by atoms with E-state index >= 15 is 0 Å². The molecular weight excluding hydrogens is 226 g/mol. The van der Waals surface area contributed by atoms with Crippen LogP contribution in [0.5, 0.6) is 5.75 Å². The van der Waals surface area contributed by atoms with E-state index in [1.54, 1.807) is 0 Å². The third kappa shape index (κ3) is 4.78. The van der Waals surface area contributed by atoms with E-state index < -0.39 is 0 Å². The third-order valence-corrected chi connectivity index (χ3v) is 2.58. The fraction of sp³-hybridized carbons (Fsp3) is 0.533. The zero-order valence-corrected chi connectivity index (χ0v) is 11.7. The molecule has 0 aliphatic heterocycles. The van der Waals surface area contributed by atoms with Crippen molar-refractivity contribution in [3.05, 3.63) is 29.8 Å². The second-order valence-electron chi connectivity index (χ2n) is 5.01. The molecule has 18 heavy (non-hydrogen) atoms. The van der Waals surface area contributed by atoms with Crippen LogP contribution in [0.15, 0.2) is 24.3 Å². The summed E-state index contributed by atoms with van der Waals surface area (Å²) in [5.74, 6) is 1.34. The van der Waals surface area contributed by atoms with Gasteiger partial charge in [-0.2, -0.15) is 0 Å². The minimum absolute atomic E-state index is 0.0343. The van der Waals surface area contributed by atoms with Crippen LogP contribution in [0.3, 0.4) is 0 Å². The minimum atomic E-state index is 0.0343. The topological polar surface area (TPSA) is 38.3 Å². The minimum Gasteiger partial charge on any atom is -0.493 e. The van der Waals surface area contributed by atoms with Crippen LogP contribution in [0.2, 0.25) is 0 Å². The Labute approximate surface area is 110 Å². The van der Waals surface area contributed by atoms with Gasteiger partial charge in [0.1, 0.15) is 5.75 Å². The maximum atomic E-state index is 11.5. The molecule has 1 aromatic carbocycles. The molecule has 0 saturated heterocycles. The average molecular weight is 249 g/mol. The number of para-hydroxylation sites is 1. The van der Waals surface area contributed by atoms with Gasteiger partial charge in [-0.25, -0.2) is 0 Å². The molecule has 0 heterocycles. The van der Waals surface area contributed by atoms with Crippen molar-refractivity contribution in [3.63, 3.8) is 0 Å². The van der Waals surface area contributed by atoms with Crippen molar-refractivity contribution in [2.24, 2.45) is 0 Å². The molecule has 0 unspecified atom stereocenters. The second kappa shape index (κ2) is 7.04. The summed E-state index contributed by atoms with van der Waals surface area (Å²) in [4.78, 5) is 11.5. The Kier molecular flexibility index (Phi) is 5.69. The molecule has 1 amide bonds. The quantitative estimate of drug-likeness (QED) is 0.841. The normalized spacial score (nSPS) is 10.8. The summed E-state index contributed by atoms with van der Waals surface area (Å²) >= 11 is 0. The third-order valence-electron chi connectivity index (χ3n) is 2.58. The number of benzene rings is 1. The molecule has 3 heteroatoms. The van der Waals surface area contributed by atoms with Gasteiger partial charge in [-0.15, -0.1) is 0 Å². The maximum Gasteiger partial charge on any atom is 0.223 e. The van der Waals surface area contributed by atoms with E-state index in [9.17, 15) is 4.79 Å². The molecule has 0 aromatic heterocycles. The summed E-state index contributed by atoms with van der Waals surface area (Å²) in [7, 11) is 0. The van der Waals surface area contributed by atoms with Crippen LogP contribution in [-0.4, -0.2) is 18.6 Å². The predicted molar refractivity (Wildman–Crippen MR) is 73.9 cm³/mol. The first kappa shape index (κ1) is 14.6. The molecule has 100 valence electrons. The van der Waals surface area contributed by atoms with Crippen molar-refractivity contribution in [3.8, 4) is 5.75 Å². The van der Waals surface area contributed by atoms with Crippen LogP contribution in [0.25, 0.3) is 0 Å². The molecule has 0 aliphatic rings. The zero-order chi connectivity index (χ0) is 13.5. The molecule has 0 atom stereocenters. The van der Waals surface area contributed by atoms with Gasteiger partial charge in [-0.1, -0.05) is 32.0 Å². The molecule has 1 aromatic rings. The number of carbonyl (C=O) groups excluding carboxylic acids is 1. The lowest BCUT2D eigenvalue weighted by Gasteiger charge is -2.14. The van der Waals surface area contributed by atoms with Gasteiger partial charge < -0.3 is 10.1 Å². The van der Waals surface area contributed by atoms with E-state index in [1.807, 2.05) is 32.0 Å². The molecule has 3 nitrogen and oxygen atoms in total. The number of amides is 1. The van der Waals surface area contributed by atoms with Crippen molar-refractivity contribution in [2.45, 2.75) is 46.1 Å². The summed E-state index contributed by atoms with van der Waals surface area (Å²) in [5, 5.41) is 2.85. The van der Waals surface area contributed by atoms with Crippen LogP contribution in [0, 0.1) is 0 Å². The predicted octanol–water partition coefficient (Wildman–Crippen LogP) is 3.10. The lowest BCUT2D eigenvalue weighted by atomic mass is 10.0. The van der Waals surface area contributed by atoms with E-state index in [2.05, 4.69) is 25.2 Å². The van der Waals surface area contributed by atoms with E-state index in [-0.39, 0.29) is 11.9 Å². The van der Waals surface area contributed by atoms with Crippen molar-refractivity contribution < 1.29 is 9.53 Å². The number of ether oxygens (including phenoxy) is 1. The molecule has 0 spiro atoms. The number of hydrogen-bond donors (Lipinski definition) is 1. The highest BCUT2D eigenvalue weighted by Gasteiger charge is 2.08. The Morgan fingerprint density at radius 2 is 1.89 bits per heavy atom. The molecule has 0 bridgehead atoms. The maximum absolute atomic E-state index is 11.5. The summed E-state index contributed by atoms with van der Waals surface area (Å²) in [6.07, 6.45) is 0.393. The first-order chi connectivity index (χ1) is 8.50. The number of hydrogen-bond acceptors (Lipinski definition) is 2. The summed E-state index contributed by atoms with van der Waals surface area (Å²) < 4.78 is 5.69. The van der Waals surface area contributed by atoms with E-state index in [1.165, 1.54) is 5.56 Å². The van der Waals surface area contributed by atoms with Gasteiger partial charge in [0.15, 0.2) is 0 Å². The molecule has 0 fully saturated rings. The lowest BCUT2D eigenvalue weighted by molar-refractivity contribution is -0.122. The van der Waals surface area contributed by atoms with E-state index in [0.717, 1.165) is 5.75 Å². The van der Waals surface area contributed by atoms with E-state index in [4.69, 9.17) is 4.74 Å². The summed E-state index contributed by atoms with van der Waals surface area (Å²) in [5.41, 5.74) is 1.18. The van der Waals surface area contributed by atoms with Gasteiger partial charge in [0, 0.05) is 6.04 Å². The number of carbonyl (C=O) groups is 1. The van der Waals surface area contributed by atoms with Gasteiger partial charge in [0.25, 0.3) is 0 Å². The van der Waals surface area contributed by atoms with E-state index in [0.29, 0.717) is 18.9 Å². The van der Waals surface area contributed by atoms with Gasteiger partial charge in [0.05, 0.1) is 13.0 Å². The molecule has 0 aliphatic carbocycles. The Bertz CT molecular complexity index is 386. The Morgan fingerprint density at radius 3 is 2.50 bits per heavy atom. The van der Waals surface area contributed by atoms with Gasteiger partial charge >= 0.3 is 0 Å². The molecule has 1 rings (SSSR count). The van der Waals surface area contributed by atoms with Crippen LogP contribution in [0.1, 0.15) is 45.6 Å². The second-order valence-corrected chi connectivity index (χ2v) is 5.01. The fourth-order valence-electron chi connectivity index (χ4n) is 1.74. The number of rotatable bonds is 6. The van der Waals surface area contributed by atoms with Crippen LogP contribution in [0.4, 0.5) is 0 Å². The Morgan fingerprint density at radius 1 is 1.22 bits per heavy atom. The largest absolute Gasteiger partial charge is 0.493 e. The first-order valence-electron chi connectivity index (χ1n) is 6.51. The highest BCUT2D eigenvalue weighted by atomic mass is 16.5. The molecule has 1 N–H and O–H groups in total. The van der Waals surface area contributed by atoms with Crippen molar-refractivity contribution in [2.75, 3.05) is 6.61 Å². The van der Waals surface area contributed by atoms with Crippen LogP contribution >= 0.6 is 0 Å². The first-order valence-corrected chi connectivity index (χ1v) is 6.51.